The van der Waals surface area contributed by atoms with Crippen molar-refractivity contribution in [3.05, 3.63) is 151 Å². The Balaban J connectivity index is 0.00000202. The topological polar surface area (TPSA) is 0 Å². The summed E-state index contributed by atoms with van der Waals surface area (Å²) in [7, 11) is 0. The Morgan fingerprint density at radius 2 is 1.38 bits per heavy atom. The van der Waals surface area contributed by atoms with Crippen LogP contribution >= 0.6 is 0 Å². The summed E-state index contributed by atoms with van der Waals surface area (Å²) >= 11 is -1.32. The van der Waals surface area contributed by atoms with E-state index in [0.29, 0.717) is 0 Å². The summed E-state index contributed by atoms with van der Waals surface area (Å²) in [5.74, 6) is 0. The average molecular weight is 670 g/mol. The Hall–Kier alpha value is -2.31. The monoisotopic (exact) mass is 667 g/mol. The minimum absolute atomic E-state index is 0. The fourth-order valence-electron chi connectivity index (χ4n) is 6.59. The molecule has 0 heterocycles. The van der Waals surface area contributed by atoms with Gasteiger partial charge in [-0.3, -0.25) is 0 Å². The molecule has 42 heavy (non-hydrogen) atoms. The van der Waals surface area contributed by atoms with Crippen LogP contribution in [0.4, 0.5) is 0 Å². The van der Waals surface area contributed by atoms with Crippen LogP contribution in [-0.2, 0) is 28.2 Å². The van der Waals surface area contributed by atoms with Gasteiger partial charge >= 0.3 is 253 Å². The van der Waals surface area contributed by atoms with Crippen LogP contribution in [0.5, 0.6) is 0 Å². The van der Waals surface area contributed by atoms with Gasteiger partial charge in [0.05, 0.1) is 0 Å². The van der Waals surface area contributed by atoms with Gasteiger partial charge in [-0.15, -0.1) is 0 Å². The summed E-state index contributed by atoms with van der Waals surface area (Å²) in [6, 6.07) is 29.5. The maximum absolute atomic E-state index is 2.59. The van der Waals surface area contributed by atoms with E-state index in [9.17, 15) is 0 Å². The van der Waals surface area contributed by atoms with Gasteiger partial charge in [-0.2, -0.15) is 0 Å². The van der Waals surface area contributed by atoms with E-state index in [1.165, 1.54) is 38.3 Å². The normalized spacial score (nSPS) is 18.7. The number of rotatable bonds is 4. The summed E-state index contributed by atoms with van der Waals surface area (Å²) < 4.78 is 3.24. The van der Waals surface area contributed by atoms with E-state index in [2.05, 4.69) is 157 Å². The summed E-state index contributed by atoms with van der Waals surface area (Å²) in [6.07, 6.45) is 15.6. The van der Waals surface area contributed by atoms with Crippen molar-refractivity contribution >= 4 is 14.9 Å². The Morgan fingerprint density at radius 3 is 1.90 bits per heavy atom. The quantitative estimate of drug-likeness (QED) is 0.399. The Labute approximate surface area is 275 Å². The molecule has 213 valence electrons. The van der Waals surface area contributed by atoms with Crippen LogP contribution < -0.4 is 35.3 Å². The Morgan fingerprint density at radius 1 is 0.762 bits per heavy atom. The Kier molecular flexibility index (Phi) is 9.59. The molecule has 1 atom stereocenters. The molecule has 3 heteroatoms. The molecular weight excluding hydrogens is 631 g/mol. The van der Waals surface area contributed by atoms with Gasteiger partial charge in [0.15, 0.2) is 0 Å². The van der Waals surface area contributed by atoms with Gasteiger partial charge in [0, 0.05) is 0 Å². The van der Waals surface area contributed by atoms with E-state index < -0.39 is 22.8 Å². The summed E-state index contributed by atoms with van der Waals surface area (Å²) in [4.78, 5) is 0. The van der Waals surface area contributed by atoms with Gasteiger partial charge in [-0.1, -0.05) is 0 Å². The second kappa shape index (κ2) is 12.4. The number of benzene rings is 3. The van der Waals surface area contributed by atoms with Crippen LogP contribution in [0.25, 0.3) is 11.6 Å². The molecule has 6 rings (SSSR count). The Bertz CT molecular complexity index is 1710. The molecule has 0 amide bonds. The molecule has 3 aliphatic carbocycles. The first-order valence-corrected chi connectivity index (χ1v) is 17.0. The molecule has 0 N–H and O–H groups in total. The van der Waals surface area contributed by atoms with Crippen LogP contribution in [0.2, 0.25) is 0 Å². The van der Waals surface area contributed by atoms with Gasteiger partial charge < -0.3 is 24.8 Å². The minimum atomic E-state index is -1.32. The molecule has 0 radical (unpaired) electrons. The van der Waals surface area contributed by atoms with E-state index in [1.807, 2.05) is 0 Å². The molecule has 0 bridgehead atoms. The van der Waals surface area contributed by atoms with Crippen molar-refractivity contribution in [1.82, 2.24) is 0 Å². The van der Waals surface area contributed by atoms with E-state index in [1.54, 1.807) is 12.1 Å². The molecule has 0 spiro atoms. The molecule has 3 aliphatic rings. The minimum Gasteiger partial charge on any atom is -1.00 e. The standard InChI is InChI=1S/C26H29.C13H10.2ClH.Zr/c1-24(2,3)21-11-12-22-18(16-21)15-19-17-26(25(4,5)6,14-13-23(19)22)20-9-7-8-10-20;1-3-7-12(8-4-1)11-13-9-5-2-6-10-13;;;/h7-9,11-16H,10H2,1-6H3;1-10H;2*1H;/q;;;;+2/p-2. The summed E-state index contributed by atoms with van der Waals surface area (Å²) in [5, 5.41) is 2.77. The molecule has 3 aromatic rings. The van der Waals surface area contributed by atoms with Gasteiger partial charge in [0.1, 0.15) is 0 Å². The van der Waals surface area contributed by atoms with Gasteiger partial charge in [0.25, 0.3) is 0 Å². The number of halogens is 2. The number of fused-ring (bicyclic) bond motifs is 2. The van der Waals surface area contributed by atoms with Gasteiger partial charge in [-0.25, -0.2) is 0 Å². The van der Waals surface area contributed by atoms with Crippen molar-refractivity contribution in [2.75, 3.05) is 0 Å². The first kappa shape index (κ1) is 32.6. The van der Waals surface area contributed by atoms with Crippen molar-refractivity contribution in [1.29, 1.82) is 0 Å². The second-order valence-electron chi connectivity index (χ2n) is 13.3. The van der Waals surface area contributed by atoms with Gasteiger partial charge in [-0.05, 0) is 0 Å². The molecule has 0 aromatic heterocycles. The fourth-order valence-corrected chi connectivity index (χ4v) is 11.6. The van der Waals surface area contributed by atoms with Crippen LogP contribution in [-0.4, -0.2) is 3.21 Å². The van der Waals surface area contributed by atoms with Crippen molar-refractivity contribution in [3.63, 3.8) is 0 Å². The van der Waals surface area contributed by atoms with E-state index in [-0.39, 0.29) is 41.1 Å². The molecule has 0 aliphatic heterocycles. The van der Waals surface area contributed by atoms with Crippen LogP contribution in [0.15, 0.2) is 124 Å². The maximum atomic E-state index is 2.59. The summed E-state index contributed by atoms with van der Waals surface area (Å²) in [6.45, 7) is 14.3. The third-order valence-electron chi connectivity index (χ3n) is 8.80. The van der Waals surface area contributed by atoms with Crippen LogP contribution in [0.3, 0.4) is 0 Å². The SMILES string of the molecule is CC(C)(C)c1ccc2c(c1)=CC1=[C]([Zr+2]=[C](c3ccccc3)c3ccccc3)C(C3=CC=CC3)(C(C)(C)C)C=CC=21.[Cl-].[Cl-]. The fraction of sp³-hybridized carbons (Fsp3) is 0.256. The van der Waals surface area contributed by atoms with Crippen molar-refractivity contribution in [2.45, 2.75) is 53.4 Å². The largest absolute Gasteiger partial charge is 1.00 e. The molecule has 1 unspecified atom stereocenters. The zero-order valence-corrected chi connectivity index (χ0v) is 29.4. The second-order valence-corrected chi connectivity index (χ2v) is 16.4. The zero-order chi connectivity index (χ0) is 28.1. The van der Waals surface area contributed by atoms with Crippen molar-refractivity contribution < 1.29 is 47.6 Å². The molecule has 0 fully saturated rings. The predicted molar refractivity (Wildman–Crippen MR) is 168 cm³/mol. The number of hydrogen-bond donors (Lipinski definition) is 0. The first-order valence-electron chi connectivity index (χ1n) is 14.5. The molecule has 0 nitrogen and oxygen atoms in total. The van der Waals surface area contributed by atoms with Crippen molar-refractivity contribution in [2.24, 2.45) is 10.8 Å². The average Bonchev–Trinajstić information content (AvgIpc) is 3.60. The van der Waals surface area contributed by atoms with E-state index in [4.69, 9.17) is 0 Å². The molecular formula is C39H39Cl2Zr. The number of allylic oxidation sites excluding steroid dienone is 8. The van der Waals surface area contributed by atoms with E-state index >= 15 is 0 Å². The van der Waals surface area contributed by atoms with Crippen molar-refractivity contribution in [3.8, 4) is 0 Å². The zero-order valence-electron chi connectivity index (χ0n) is 25.4. The van der Waals surface area contributed by atoms with E-state index in [0.717, 1.165) is 6.42 Å². The number of hydrogen-bond acceptors (Lipinski definition) is 0. The molecule has 0 saturated heterocycles. The van der Waals surface area contributed by atoms with Crippen LogP contribution in [0.1, 0.15) is 64.7 Å². The summed E-state index contributed by atoms with van der Waals surface area (Å²) in [5.41, 5.74) is 8.64. The van der Waals surface area contributed by atoms with Crippen LogP contribution in [0, 0.1) is 10.8 Å². The molecule has 0 saturated carbocycles. The predicted octanol–water partition coefficient (Wildman–Crippen LogP) is 2.03. The first-order chi connectivity index (χ1) is 19.1. The molecule has 3 aromatic carbocycles. The van der Waals surface area contributed by atoms with Gasteiger partial charge in [0.2, 0.25) is 0 Å². The third-order valence-corrected chi connectivity index (χ3v) is 13.1. The third kappa shape index (κ3) is 5.66. The smallest absolute Gasteiger partial charge is 1.00 e. The maximum Gasteiger partial charge on any atom is -1.00 e.